The Hall–Kier alpha value is -1.13. The molecule has 0 atom stereocenters. The molecule has 1 aromatic heterocycles. The molecular formula is C15H26N4. The Morgan fingerprint density at radius 3 is 2.58 bits per heavy atom. The predicted molar refractivity (Wildman–Crippen MR) is 79.6 cm³/mol. The highest BCUT2D eigenvalue weighted by Gasteiger charge is 2.28. The first kappa shape index (κ1) is 14.3. The first-order valence-electron chi connectivity index (χ1n) is 7.12. The Kier molecular flexibility index (Phi) is 4.42. The van der Waals surface area contributed by atoms with Crippen LogP contribution in [0, 0.1) is 5.41 Å². The van der Waals surface area contributed by atoms with E-state index in [0.717, 1.165) is 6.54 Å². The lowest BCUT2D eigenvalue weighted by molar-refractivity contribution is 0.123. The SMILES string of the molecule is CN(Cc1ccc(NN)nc1)C1CCC(C)(C)CC1. The average molecular weight is 262 g/mol. The van der Waals surface area contributed by atoms with Gasteiger partial charge in [-0.2, -0.15) is 0 Å². The Morgan fingerprint density at radius 1 is 1.37 bits per heavy atom. The molecule has 1 aliphatic carbocycles. The Morgan fingerprint density at radius 2 is 2.05 bits per heavy atom. The predicted octanol–water partition coefficient (Wildman–Crippen LogP) is 2.77. The van der Waals surface area contributed by atoms with Crippen LogP contribution in [0.5, 0.6) is 0 Å². The lowest BCUT2D eigenvalue weighted by Crippen LogP contribution is -2.36. The molecule has 19 heavy (non-hydrogen) atoms. The number of nitrogen functional groups attached to an aromatic ring is 1. The Balaban J connectivity index is 1.88. The number of rotatable bonds is 4. The molecule has 106 valence electrons. The maximum absolute atomic E-state index is 5.32. The molecule has 0 saturated heterocycles. The van der Waals surface area contributed by atoms with Gasteiger partial charge in [-0.15, -0.1) is 0 Å². The van der Waals surface area contributed by atoms with Crippen molar-refractivity contribution in [1.29, 1.82) is 0 Å². The van der Waals surface area contributed by atoms with Gasteiger partial charge in [0, 0.05) is 18.8 Å². The molecule has 0 aromatic carbocycles. The molecular weight excluding hydrogens is 236 g/mol. The van der Waals surface area contributed by atoms with Crippen molar-refractivity contribution in [2.45, 2.75) is 52.1 Å². The fraction of sp³-hybridized carbons (Fsp3) is 0.667. The zero-order valence-corrected chi connectivity index (χ0v) is 12.3. The van der Waals surface area contributed by atoms with E-state index in [4.69, 9.17) is 5.84 Å². The van der Waals surface area contributed by atoms with Gasteiger partial charge in [0.05, 0.1) is 0 Å². The van der Waals surface area contributed by atoms with Crippen molar-refractivity contribution in [2.75, 3.05) is 12.5 Å². The summed E-state index contributed by atoms with van der Waals surface area (Å²) in [5.74, 6) is 6.03. The highest BCUT2D eigenvalue weighted by molar-refractivity contribution is 5.33. The summed E-state index contributed by atoms with van der Waals surface area (Å²) in [5, 5.41) is 0. The zero-order chi connectivity index (χ0) is 13.9. The van der Waals surface area contributed by atoms with Crippen LogP contribution < -0.4 is 11.3 Å². The van der Waals surface area contributed by atoms with Crippen LogP contribution in [-0.2, 0) is 6.54 Å². The summed E-state index contributed by atoms with van der Waals surface area (Å²) in [6.07, 6.45) is 7.17. The van der Waals surface area contributed by atoms with Gasteiger partial charge in [-0.1, -0.05) is 19.9 Å². The van der Waals surface area contributed by atoms with Crippen LogP contribution in [0.2, 0.25) is 0 Å². The number of aromatic nitrogens is 1. The molecule has 1 heterocycles. The first-order valence-corrected chi connectivity index (χ1v) is 7.12. The summed E-state index contributed by atoms with van der Waals surface area (Å²) in [6, 6.07) is 4.72. The van der Waals surface area contributed by atoms with E-state index >= 15 is 0 Å². The van der Waals surface area contributed by atoms with Crippen LogP contribution in [0.15, 0.2) is 18.3 Å². The average Bonchev–Trinajstić information content (AvgIpc) is 2.39. The first-order chi connectivity index (χ1) is 9.00. The van der Waals surface area contributed by atoms with E-state index in [1.54, 1.807) is 0 Å². The van der Waals surface area contributed by atoms with Gasteiger partial charge in [-0.25, -0.2) is 10.8 Å². The maximum atomic E-state index is 5.32. The zero-order valence-electron chi connectivity index (χ0n) is 12.3. The van der Waals surface area contributed by atoms with Crippen LogP contribution in [0.3, 0.4) is 0 Å². The molecule has 1 aromatic rings. The number of nitrogens with one attached hydrogen (secondary N) is 1. The summed E-state index contributed by atoms with van der Waals surface area (Å²) >= 11 is 0. The minimum Gasteiger partial charge on any atom is -0.308 e. The van der Waals surface area contributed by atoms with Crippen molar-refractivity contribution in [2.24, 2.45) is 11.3 Å². The maximum Gasteiger partial charge on any atom is 0.139 e. The third kappa shape index (κ3) is 3.91. The molecule has 0 radical (unpaired) electrons. The second kappa shape index (κ2) is 5.88. The van der Waals surface area contributed by atoms with Crippen molar-refractivity contribution >= 4 is 5.82 Å². The van der Waals surface area contributed by atoms with Gasteiger partial charge < -0.3 is 5.43 Å². The smallest absolute Gasteiger partial charge is 0.139 e. The molecule has 0 aliphatic heterocycles. The summed E-state index contributed by atoms with van der Waals surface area (Å²) in [7, 11) is 2.22. The fourth-order valence-corrected chi connectivity index (χ4v) is 2.85. The second-order valence-electron chi connectivity index (χ2n) is 6.51. The largest absolute Gasteiger partial charge is 0.308 e. The van der Waals surface area contributed by atoms with Crippen LogP contribution in [0.25, 0.3) is 0 Å². The van der Waals surface area contributed by atoms with E-state index in [1.165, 1.54) is 31.2 Å². The highest BCUT2D eigenvalue weighted by atomic mass is 15.2. The number of pyridine rings is 1. The van der Waals surface area contributed by atoms with E-state index in [9.17, 15) is 0 Å². The van der Waals surface area contributed by atoms with Crippen molar-refractivity contribution in [3.8, 4) is 0 Å². The van der Waals surface area contributed by atoms with Crippen LogP contribution in [0.1, 0.15) is 45.1 Å². The summed E-state index contributed by atoms with van der Waals surface area (Å²) < 4.78 is 0. The quantitative estimate of drug-likeness (QED) is 0.647. The van der Waals surface area contributed by atoms with E-state index in [-0.39, 0.29) is 0 Å². The third-order valence-electron chi connectivity index (χ3n) is 4.34. The summed E-state index contributed by atoms with van der Waals surface area (Å²) in [4.78, 5) is 6.72. The number of hydrogen-bond donors (Lipinski definition) is 2. The monoisotopic (exact) mass is 262 g/mol. The topological polar surface area (TPSA) is 54.2 Å². The number of anilines is 1. The van der Waals surface area contributed by atoms with Gasteiger partial charge in [0.25, 0.3) is 0 Å². The number of hydrazine groups is 1. The van der Waals surface area contributed by atoms with Gasteiger partial charge in [-0.3, -0.25) is 4.90 Å². The van der Waals surface area contributed by atoms with E-state index in [2.05, 4.69) is 42.3 Å². The molecule has 0 unspecified atom stereocenters. The standard InChI is InChI=1S/C15H26N4/c1-15(2)8-6-13(7-9-15)19(3)11-12-4-5-14(18-16)17-10-12/h4-5,10,13H,6-9,11,16H2,1-3H3,(H,17,18). The van der Waals surface area contributed by atoms with Crippen LogP contribution in [0.4, 0.5) is 5.82 Å². The second-order valence-corrected chi connectivity index (χ2v) is 6.51. The Bertz CT molecular complexity index is 389. The lowest BCUT2D eigenvalue weighted by atomic mass is 9.75. The molecule has 1 saturated carbocycles. The van der Waals surface area contributed by atoms with Gasteiger partial charge in [0.1, 0.15) is 5.82 Å². The van der Waals surface area contributed by atoms with Crippen molar-refractivity contribution in [3.05, 3.63) is 23.9 Å². The van der Waals surface area contributed by atoms with E-state index in [1.807, 2.05) is 12.3 Å². The molecule has 0 spiro atoms. The summed E-state index contributed by atoms with van der Waals surface area (Å²) in [6.45, 7) is 5.72. The summed E-state index contributed by atoms with van der Waals surface area (Å²) in [5.41, 5.74) is 4.33. The van der Waals surface area contributed by atoms with Crippen LogP contribution >= 0.6 is 0 Å². The molecule has 1 aliphatic rings. The minimum absolute atomic E-state index is 0.535. The molecule has 0 amide bonds. The van der Waals surface area contributed by atoms with Gasteiger partial charge in [-0.05, 0) is 49.8 Å². The molecule has 3 N–H and O–H groups in total. The normalized spacial score (nSPS) is 19.6. The van der Waals surface area contributed by atoms with Crippen molar-refractivity contribution in [1.82, 2.24) is 9.88 Å². The van der Waals surface area contributed by atoms with Gasteiger partial charge in [0.2, 0.25) is 0 Å². The Labute approximate surface area is 116 Å². The van der Waals surface area contributed by atoms with E-state index < -0.39 is 0 Å². The van der Waals surface area contributed by atoms with Gasteiger partial charge >= 0.3 is 0 Å². The molecule has 1 fully saturated rings. The number of nitrogens with two attached hydrogens (primary N) is 1. The molecule has 2 rings (SSSR count). The van der Waals surface area contributed by atoms with Crippen LogP contribution in [-0.4, -0.2) is 23.0 Å². The minimum atomic E-state index is 0.535. The van der Waals surface area contributed by atoms with Crippen molar-refractivity contribution < 1.29 is 0 Å². The van der Waals surface area contributed by atoms with E-state index in [0.29, 0.717) is 17.3 Å². The highest BCUT2D eigenvalue weighted by Crippen LogP contribution is 2.36. The molecule has 0 bridgehead atoms. The molecule has 4 heteroatoms. The van der Waals surface area contributed by atoms with Crippen molar-refractivity contribution in [3.63, 3.8) is 0 Å². The number of hydrogen-bond acceptors (Lipinski definition) is 4. The third-order valence-corrected chi connectivity index (χ3v) is 4.34. The molecule has 4 nitrogen and oxygen atoms in total. The lowest BCUT2D eigenvalue weighted by Gasteiger charge is -2.38. The fourth-order valence-electron chi connectivity index (χ4n) is 2.85. The van der Waals surface area contributed by atoms with Gasteiger partial charge in [0.15, 0.2) is 0 Å². The number of nitrogens with zero attached hydrogens (tertiary/aromatic N) is 2.